The van der Waals surface area contributed by atoms with E-state index in [-0.39, 0.29) is 0 Å². The van der Waals surface area contributed by atoms with Crippen molar-refractivity contribution in [2.45, 2.75) is 0 Å². The zero-order valence-electron chi connectivity index (χ0n) is 18.6. The maximum absolute atomic E-state index is 5.42. The number of nitrogens with one attached hydrogen (secondary N) is 3. The van der Waals surface area contributed by atoms with Crippen molar-refractivity contribution in [1.82, 2.24) is 19.1 Å². The Morgan fingerprint density at radius 1 is 0.818 bits per heavy atom. The highest BCUT2D eigenvalue weighted by Crippen LogP contribution is 2.27. The number of hydrogen-bond acceptors (Lipinski definition) is 8. The van der Waals surface area contributed by atoms with Gasteiger partial charge in [-0.15, -0.1) is 0 Å². The van der Waals surface area contributed by atoms with E-state index in [1.807, 2.05) is 84.2 Å². The molecule has 3 heterocycles. The fourth-order valence-electron chi connectivity index (χ4n) is 3.04. The number of anilines is 4. The van der Waals surface area contributed by atoms with Gasteiger partial charge in [0.1, 0.15) is 11.6 Å². The Bertz CT molecular complexity index is 1200. The summed E-state index contributed by atoms with van der Waals surface area (Å²) in [5.74, 6) is 2.03. The summed E-state index contributed by atoms with van der Waals surface area (Å²) in [5.41, 5.74) is 8.51. The van der Waals surface area contributed by atoms with Gasteiger partial charge in [0.05, 0.1) is 36.6 Å². The maximum Gasteiger partial charge on any atom is 0.247 e. The number of nitrogens with zero attached hydrogens (tertiary/aromatic N) is 6. The summed E-state index contributed by atoms with van der Waals surface area (Å²) in [6.07, 6.45) is 7.32. The Balaban J connectivity index is 1.57. The summed E-state index contributed by atoms with van der Waals surface area (Å²) in [6, 6.07) is 17.2. The van der Waals surface area contributed by atoms with Crippen molar-refractivity contribution in [3.05, 3.63) is 78.4 Å². The molecule has 0 unspecified atom stereocenters. The van der Waals surface area contributed by atoms with Gasteiger partial charge in [-0.2, -0.15) is 20.2 Å². The van der Waals surface area contributed by atoms with Gasteiger partial charge in [-0.05, 0) is 36.4 Å². The van der Waals surface area contributed by atoms with Crippen molar-refractivity contribution in [2.24, 2.45) is 24.3 Å². The molecule has 0 bridgehead atoms. The lowest BCUT2D eigenvalue weighted by atomic mass is 10.3. The lowest BCUT2D eigenvalue weighted by Crippen LogP contribution is -2.05. The van der Waals surface area contributed by atoms with E-state index >= 15 is 0 Å². The van der Waals surface area contributed by atoms with Crippen LogP contribution in [-0.4, -0.2) is 38.6 Å². The molecule has 0 saturated heterocycles. The average Bonchev–Trinajstić information content (AvgIpc) is 3.42. The summed E-state index contributed by atoms with van der Waals surface area (Å²) in [5, 5.41) is 11.8. The molecule has 0 spiro atoms. The van der Waals surface area contributed by atoms with Gasteiger partial charge in [0.2, 0.25) is 5.95 Å². The zero-order valence-corrected chi connectivity index (χ0v) is 18.6. The summed E-state index contributed by atoms with van der Waals surface area (Å²) < 4.78 is 9.34. The Kier molecular flexibility index (Phi) is 6.64. The summed E-state index contributed by atoms with van der Waals surface area (Å²) in [7, 11) is 5.52. The third-order valence-electron chi connectivity index (χ3n) is 4.80. The molecule has 0 aliphatic heterocycles. The number of ether oxygens (including phenoxy) is 1. The molecule has 0 saturated carbocycles. The Morgan fingerprint density at radius 3 is 2.09 bits per heavy atom. The van der Waals surface area contributed by atoms with Gasteiger partial charge in [-0.3, -0.25) is 5.43 Å². The molecule has 33 heavy (non-hydrogen) atoms. The SMILES string of the molecule is COc1ccccc1Nc1cc(NN=Cc2cccn2C)nc(NN=Cc2cccn2C)n1. The molecule has 0 aliphatic rings. The first-order valence-electron chi connectivity index (χ1n) is 10.2. The van der Waals surface area contributed by atoms with Gasteiger partial charge in [0, 0.05) is 32.6 Å². The largest absolute Gasteiger partial charge is 0.495 e. The van der Waals surface area contributed by atoms with Crippen molar-refractivity contribution >= 4 is 35.7 Å². The standard InChI is InChI=1S/C23H25N9O/c1-31-12-6-8-17(31)15-24-29-22-14-21(26-19-10-4-5-11-20(19)33-3)27-23(28-22)30-25-16-18-9-7-13-32(18)2/h4-16H,1-3H3,(H3,26,27,28,29,30). The van der Waals surface area contributed by atoms with Gasteiger partial charge in [-0.1, -0.05) is 12.1 Å². The molecule has 10 heteroatoms. The van der Waals surface area contributed by atoms with E-state index in [1.165, 1.54) is 0 Å². The van der Waals surface area contributed by atoms with E-state index in [1.54, 1.807) is 25.6 Å². The zero-order chi connectivity index (χ0) is 23.0. The quantitative estimate of drug-likeness (QED) is 0.268. The minimum Gasteiger partial charge on any atom is -0.495 e. The molecule has 0 amide bonds. The van der Waals surface area contributed by atoms with Crippen LogP contribution in [0, 0.1) is 0 Å². The first kappa shape index (κ1) is 21.6. The molecule has 10 nitrogen and oxygen atoms in total. The third-order valence-corrected chi connectivity index (χ3v) is 4.80. The highest BCUT2D eigenvalue weighted by molar-refractivity contribution is 5.79. The number of aromatic nitrogens is 4. The molecule has 0 radical (unpaired) electrons. The normalized spacial score (nSPS) is 11.2. The maximum atomic E-state index is 5.42. The molecule has 0 aliphatic carbocycles. The van der Waals surface area contributed by atoms with Gasteiger partial charge >= 0.3 is 0 Å². The van der Waals surface area contributed by atoms with Crippen LogP contribution in [0.25, 0.3) is 0 Å². The van der Waals surface area contributed by atoms with Gasteiger partial charge < -0.3 is 19.2 Å². The molecule has 168 valence electrons. The predicted octanol–water partition coefficient (Wildman–Crippen LogP) is 3.80. The highest BCUT2D eigenvalue weighted by atomic mass is 16.5. The van der Waals surface area contributed by atoms with E-state index in [4.69, 9.17) is 4.74 Å². The minimum absolute atomic E-state index is 0.303. The Hall–Kier alpha value is -4.60. The highest BCUT2D eigenvalue weighted by Gasteiger charge is 2.08. The third kappa shape index (κ3) is 5.56. The smallest absolute Gasteiger partial charge is 0.247 e. The summed E-state index contributed by atoms with van der Waals surface area (Å²) in [6.45, 7) is 0. The van der Waals surface area contributed by atoms with Crippen LogP contribution in [0.2, 0.25) is 0 Å². The summed E-state index contributed by atoms with van der Waals surface area (Å²) in [4.78, 5) is 8.97. The van der Waals surface area contributed by atoms with Gasteiger partial charge in [0.15, 0.2) is 5.82 Å². The monoisotopic (exact) mass is 443 g/mol. The van der Waals surface area contributed by atoms with Crippen LogP contribution < -0.4 is 20.9 Å². The van der Waals surface area contributed by atoms with E-state index in [2.05, 4.69) is 36.3 Å². The van der Waals surface area contributed by atoms with Crippen LogP contribution >= 0.6 is 0 Å². The predicted molar refractivity (Wildman–Crippen MR) is 132 cm³/mol. The molecule has 1 aromatic carbocycles. The van der Waals surface area contributed by atoms with E-state index in [9.17, 15) is 0 Å². The number of rotatable bonds is 9. The Morgan fingerprint density at radius 2 is 1.45 bits per heavy atom. The second kappa shape index (κ2) is 10.1. The topological polar surface area (TPSA) is 106 Å². The number of benzene rings is 1. The first-order valence-corrected chi connectivity index (χ1v) is 10.2. The van der Waals surface area contributed by atoms with Crippen LogP contribution in [0.1, 0.15) is 11.4 Å². The van der Waals surface area contributed by atoms with Crippen molar-refractivity contribution in [2.75, 3.05) is 23.3 Å². The number of aryl methyl sites for hydroxylation is 2. The van der Waals surface area contributed by atoms with Crippen LogP contribution in [-0.2, 0) is 14.1 Å². The summed E-state index contributed by atoms with van der Waals surface area (Å²) >= 11 is 0. The molecule has 4 aromatic rings. The van der Waals surface area contributed by atoms with Crippen LogP contribution in [0.15, 0.2) is 77.2 Å². The fourth-order valence-corrected chi connectivity index (χ4v) is 3.04. The minimum atomic E-state index is 0.303. The van der Waals surface area contributed by atoms with Crippen molar-refractivity contribution in [3.63, 3.8) is 0 Å². The molecule has 0 fully saturated rings. The van der Waals surface area contributed by atoms with Crippen molar-refractivity contribution in [1.29, 1.82) is 0 Å². The van der Waals surface area contributed by atoms with Crippen molar-refractivity contribution < 1.29 is 4.74 Å². The number of hydrazone groups is 2. The first-order chi connectivity index (χ1) is 16.1. The number of methoxy groups -OCH3 is 1. The second-order valence-electron chi connectivity index (χ2n) is 7.12. The van der Waals surface area contributed by atoms with Crippen molar-refractivity contribution in [3.8, 4) is 5.75 Å². The van der Waals surface area contributed by atoms with E-state index in [0.29, 0.717) is 23.3 Å². The van der Waals surface area contributed by atoms with E-state index < -0.39 is 0 Å². The fraction of sp³-hybridized carbons (Fsp3) is 0.130. The number of para-hydroxylation sites is 2. The number of hydrogen-bond donors (Lipinski definition) is 3. The van der Waals surface area contributed by atoms with Gasteiger partial charge in [-0.25, -0.2) is 5.43 Å². The molecular formula is C23H25N9O. The van der Waals surface area contributed by atoms with Crippen LogP contribution in [0.4, 0.5) is 23.3 Å². The molecular weight excluding hydrogens is 418 g/mol. The molecule has 3 aromatic heterocycles. The molecule has 0 atom stereocenters. The second-order valence-corrected chi connectivity index (χ2v) is 7.12. The molecule has 3 N–H and O–H groups in total. The Labute approximate surface area is 191 Å². The van der Waals surface area contributed by atoms with Gasteiger partial charge in [0.25, 0.3) is 0 Å². The van der Waals surface area contributed by atoms with Crippen LogP contribution in [0.5, 0.6) is 5.75 Å². The molecule has 4 rings (SSSR count). The lowest BCUT2D eigenvalue weighted by Gasteiger charge is -2.12. The van der Waals surface area contributed by atoms with E-state index in [0.717, 1.165) is 17.1 Å². The van der Waals surface area contributed by atoms with Crippen LogP contribution in [0.3, 0.4) is 0 Å². The lowest BCUT2D eigenvalue weighted by molar-refractivity contribution is 0.417. The average molecular weight is 444 g/mol.